The number of anilines is 1. The Morgan fingerprint density at radius 3 is 2.11 bits per heavy atom. The van der Waals surface area contributed by atoms with Crippen LogP contribution in [0.3, 0.4) is 0 Å². The summed E-state index contributed by atoms with van der Waals surface area (Å²) < 4.78 is 4.25. The van der Waals surface area contributed by atoms with Gasteiger partial charge in [0.25, 0.3) is 0 Å². The minimum absolute atomic E-state index is 0.400. The molecule has 1 heterocycles. The first kappa shape index (κ1) is 27.2. The molecule has 0 spiro atoms. The number of nitrogens with zero attached hydrogens (tertiary/aromatic N) is 2. The molecule has 0 radical (unpaired) electrons. The molecule has 0 aliphatic carbocycles. The first-order valence-electron chi connectivity index (χ1n) is 12.3. The molecule has 0 fully saturated rings. The Morgan fingerprint density at radius 1 is 0.895 bits per heavy atom. The number of hydrogen-bond acceptors (Lipinski definition) is 3. The van der Waals surface area contributed by atoms with Crippen molar-refractivity contribution in [3.05, 3.63) is 106 Å². The highest BCUT2D eigenvalue weighted by atomic mass is 79.9. The summed E-state index contributed by atoms with van der Waals surface area (Å²) >= 11 is 17.4. The minimum atomic E-state index is -0.642. The largest absolute Gasteiger partial charge is 0.389 e. The van der Waals surface area contributed by atoms with Crippen LogP contribution in [0.4, 0.5) is 5.69 Å². The van der Waals surface area contributed by atoms with Crippen LogP contribution in [0, 0.1) is 0 Å². The molecule has 1 atom stereocenters. The summed E-state index contributed by atoms with van der Waals surface area (Å²) in [6.45, 7) is 1.53. The first-order chi connectivity index (χ1) is 18.4. The number of halogens is 2. The highest BCUT2D eigenvalue weighted by Gasteiger charge is 2.19. The first-order valence-corrected chi connectivity index (χ1v) is 14.8. The van der Waals surface area contributed by atoms with E-state index in [0.29, 0.717) is 24.7 Å². The number of fused-ring (bicyclic) bond motifs is 3. The van der Waals surface area contributed by atoms with E-state index in [1.54, 1.807) is 0 Å². The molecule has 4 aromatic carbocycles. The van der Waals surface area contributed by atoms with Crippen LogP contribution in [-0.4, -0.2) is 38.9 Å². The molecular formula is C30H27Br2N3OS2. The minimum Gasteiger partial charge on any atom is -0.389 e. The predicted molar refractivity (Wildman–Crippen MR) is 172 cm³/mol. The molecule has 0 aliphatic rings. The third-order valence-electron chi connectivity index (χ3n) is 6.53. The Bertz CT molecular complexity index is 1510. The number of nitrogens with one attached hydrogen (secondary N) is 1. The molecular weight excluding hydrogens is 642 g/mol. The van der Waals surface area contributed by atoms with Crippen molar-refractivity contribution in [3.63, 3.8) is 0 Å². The number of benzene rings is 4. The van der Waals surface area contributed by atoms with Crippen LogP contribution in [-0.2, 0) is 13.0 Å². The van der Waals surface area contributed by atoms with Gasteiger partial charge >= 0.3 is 0 Å². The van der Waals surface area contributed by atoms with E-state index in [0.717, 1.165) is 47.8 Å². The van der Waals surface area contributed by atoms with Gasteiger partial charge in [0.05, 0.1) is 12.6 Å². The summed E-state index contributed by atoms with van der Waals surface area (Å²) in [5.41, 5.74) is 4.30. The third-order valence-corrected chi connectivity index (χ3v) is 8.18. The van der Waals surface area contributed by atoms with Crippen LogP contribution in [0.15, 0.2) is 105 Å². The van der Waals surface area contributed by atoms with E-state index in [-0.39, 0.29) is 0 Å². The Morgan fingerprint density at radius 2 is 1.50 bits per heavy atom. The highest BCUT2D eigenvalue weighted by molar-refractivity contribution is 9.10. The average Bonchev–Trinajstić information content (AvgIpc) is 3.20. The van der Waals surface area contributed by atoms with Crippen LogP contribution < -0.4 is 5.32 Å². The monoisotopic (exact) mass is 667 g/mol. The predicted octanol–water partition coefficient (Wildman–Crippen LogP) is 7.91. The lowest BCUT2D eigenvalue weighted by Gasteiger charge is -2.29. The molecule has 0 aliphatic heterocycles. The van der Waals surface area contributed by atoms with Crippen LogP contribution in [0.2, 0.25) is 0 Å². The lowest BCUT2D eigenvalue weighted by Crippen LogP contribution is -2.42. The molecule has 0 bridgehead atoms. The summed E-state index contributed by atoms with van der Waals surface area (Å²) in [6, 6.07) is 30.7. The van der Waals surface area contributed by atoms with Crippen molar-refractivity contribution in [2.24, 2.45) is 0 Å². The molecule has 0 saturated heterocycles. The Kier molecular flexibility index (Phi) is 8.75. The zero-order valence-electron chi connectivity index (χ0n) is 20.5. The van der Waals surface area contributed by atoms with Crippen molar-refractivity contribution in [2.75, 3.05) is 18.4 Å². The van der Waals surface area contributed by atoms with Crippen LogP contribution >= 0.6 is 56.7 Å². The van der Waals surface area contributed by atoms with Crippen LogP contribution in [0.1, 0.15) is 5.56 Å². The van der Waals surface area contributed by atoms with E-state index in [2.05, 4.69) is 95.7 Å². The van der Waals surface area contributed by atoms with Gasteiger partial charge in [-0.15, -0.1) is 12.6 Å². The Labute approximate surface area is 250 Å². The zero-order chi connectivity index (χ0) is 26.6. The third kappa shape index (κ3) is 6.43. The maximum Gasteiger partial charge on any atom is 0.173 e. The van der Waals surface area contributed by atoms with Gasteiger partial charge in [-0.05, 0) is 84.9 Å². The van der Waals surface area contributed by atoms with E-state index in [4.69, 9.17) is 12.2 Å². The van der Waals surface area contributed by atoms with Gasteiger partial charge in [-0.3, -0.25) is 0 Å². The number of aromatic nitrogens is 1. The van der Waals surface area contributed by atoms with Gasteiger partial charge in [0, 0.05) is 54.4 Å². The smallest absolute Gasteiger partial charge is 0.173 e. The van der Waals surface area contributed by atoms with Crippen molar-refractivity contribution in [2.45, 2.75) is 24.0 Å². The highest BCUT2D eigenvalue weighted by Crippen LogP contribution is 2.33. The van der Waals surface area contributed by atoms with E-state index >= 15 is 0 Å². The van der Waals surface area contributed by atoms with Gasteiger partial charge in [0.2, 0.25) is 0 Å². The molecule has 2 N–H and O–H groups in total. The molecule has 5 rings (SSSR count). The van der Waals surface area contributed by atoms with Gasteiger partial charge in [-0.2, -0.15) is 0 Å². The maximum atomic E-state index is 11.4. The SMILES string of the molecule is OC(CN(CCc1ccccc1)C(=S)Nc1ccc(S)cc1)Cn1c2ccc(Br)cc2c2cc(Br)ccc21. The fourth-order valence-corrected chi connectivity index (χ4v) is 5.85. The van der Waals surface area contributed by atoms with Crippen molar-refractivity contribution in [1.29, 1.82) is 0 Å². The molecule has 1 unspecified atom stereocenters. The van der Waals surface area contributed by atoms with Crippen molar-refractivity contribution >= 4 is 89.3 Å². The quantitative estimate of drug-likeness (QED) is 0.116. The second kappa shape index (κ2) is 12.2. The van der Waals surface area contributed by atoms with Gasteiger partial charge in [-0.25, -0.2) is 0 Å². The fourth-order valence-electron chi connectivity index (χ4n) is 4.70. The van der Waals surface area contributed by atoms with E-state index in [1.807, 2.05) is 54.6 Å². The van der Waals surface area contributed by atoms with Crippen molar-refractivity contribution in [1.82, 2.24) is 9.47 Å². The topological polar surface area (TPSA) is 40.4 Å². The van der Waals surface area contributed by atoms with Gasteiger partial charge in [0.1, 0.15) is 0 Å². The summed E-state index contributed by atoms with van der Waals surface area (Å²) in [4.78, 5) is 2.95. The average molecular weight is 670 g/mol. The number of hydrogen-bond donors (Lipinski definition) is 3. The summed E-state index contributed by atoms with van der Waals surface area (Å²) in [6.07, 6.45) is 0.180. The Hall–Kier alpha value is -2.36. The summed E-state index contributed by atoms with van der Waals surface area (Å²) in [5, 5.41) is 17.6. The fraction of sp³-hybridized carbons (Fsp3) is 0.167. The molecule has 0 saturated carbocycles. The number of rotatable bonds is 8. The molecule has 8 heteroatoms. The van der Waals surface area contributed by atoms with E-state index < -0.39 is 6.10 Å². The second-order valence-electron chi connectivity index (χ2n) is 9.25. The summed E-state index contributed by atoms with van der Waals surface area (Å²) in [7, 11) is 0. The molecule has 0 amide bonds. The van der Waals surface area contributed by atoms with Gasteiger partial charge in [-0.1, -0.05) is 62.2 Å². The number of aliphatic hydroxyl groups excluding tert-OH is 1. The lowest BCUT2D eigenvalue weighted by atomic mass is 10.1. The standard InChI is InChI=1S/C30H27Br2N3OS2/c31-21-6-12-28-26(16-21)27-17-22(32)7-13-29(27)35(28)19-24(36)18-34(15-14-20-4-2-1-3-5-20)30(38)33-23-8-10-25(37)11-9-23/h1-13,16-17,24,36-37H,14-15,18-19H2,(H,33,38). The maximum absolute atomic E-state index is 11.4. The normalized spacial score (nSPS) is 12.1. The van der Waals surface area contributed by atoms with Crippen molar-refractivity contribution < 1.29 is 5.11 Å². The van der Waals surface area contributed by atoms with Crippen LogP contribution in [0.5, 0.6) is 0 Å². The lowest BCUT2D eigenvalue weighted by molar-refractivity contribution is 0.128. The molecule has 5 aromatic rings. The molecule has 4 nitrogen and oxygen atoms in total. The number of thiol groups is 1. The molecule has 1 aromatic heterocycles. The van der Waals surface area contributed by atoms with E-state index in [9.17, 15) is 5.11 Å². The Balaban J connectivity index is 1.39. The van der Waals surface area contributed by atoms with Gasteiger partial charge < -0.3 is 19.9 Å². The summed E-state index contributed by atoms with van der Waals surface area (Å²) in [5.74, 6) is 0. The number of aliphatic hydroxyl groups is 1. The van der Waals surface area contributed by atoms with E-state index in [1.165, 1.54) is 5.56 Å². The van der Waals surface area contributed by atoms with Crippen molar-refractivity contribution in [3.8, 4) is 0 Å². The van der Waals surface area contributed by atoms with Crippen LogP contribution in [0.25, 0.3) is 21.8 Å². The second-order valence-corrected chi connectivity index (χ2v) is 12.0. The zero-order valence-corrected chi connectivity index (χ0v) is 25.4. The molecule has 38 heavy (non-hydrogen) atoms. The molecule has 194 valence electrons. The number of thiocarbonyl (C=S) groups is 1. The van der Waals surface area contributed by atoms with Gasteiger partial charge in [0.15, 0.2) is 5.11 Å².